The molecule has 0 radical (unpaired) electrons. The van der Waals surface area contributed by atoms with Crippen LogP contribution in [0.25, 0.3) is 0 Å². The Labute approximate surface area is 143 Å². The lowest BCUT2D eigenvalue weighted by Gasteiger charge is -2.33. The third kappa shape index (κ3) is 3.95. The molecule has 0 spiro atoms. The van der Waals surface area contributed by atoms with Crippen LogP contribution in [0.3, 0.4) is 0 Å². The van der Waals surface area contributed by atoms with Crippen molar-refractivity contribution in [3.05, 3.63) is 60.2 Å². The third-order valence-corrected chi connectivity index (χ3v) is 4.63. The third-order valence-electron chi connectivity index (χ3n) is 4.63. The van der Waals surface area contributed by atoms with E-state index in [2.05, 4.69) is 0 Å². The second kappa shape index (κ2) is 7.49. The number of piperidine rings is 1. The van der Waals surface area contributed by atoms with Crippen LogP contribution in [0.1, 0.15) is 30.1 Å². The molecule has 1 fully saturated rings. The van der Waals surface area contributed by atoms with Gasteiger partial charge in [0.25, 0.3) is 5.91 Å². The Morgan fingerprint density at radius 1 is 1.08 bits per heavy atom. The predicted octanol–water partition coefficient (Wildman–Crippen LogP) is 3.68. The predicted molar refractivity (Wildman–Crippen MR) is 95.2 cm³/mol. The lowest BCUT2D eigenvalue weighted by molar-refractivity contribution is 0.0680. The summed E-state index contributed by atoms with van der Waals surface area (Å²) in [5.41, 5.74) is 6.64. The van der Waals surface area contributed by atoms with Crippen molar-refractivity contribution in [2.45, 2.75) is 25.8 Å². The van der Waals surface area contributed by atoms with Crippen LogP contribution in [-0.2, 0) is 0 Å². The van der Waals surface area contributed by atoms with E-state index in [-0.39, 0.29) is 11.9 Å². The minimum Gasteiger partial charge on any atom is -0.457 e. The number of carbonyl (C=O) groups excluding carboxylic acids is 1. The number of likely N-dealkylation sites (tertiary alicyclic amines) is 1. The van der Waals surface area contributed by atoms with Gasteiger partial charge in [-0.3, -0.25) is 4.79 Å². The molecule has 24 heavy (non-hydrogen) atoms. The van der Waals surface area contributed by atoms with Crippen molar-refractivity contribution < 1.29 is 9.53 Å². The number of hydrogen-bond donors (Lipinski definition) is 1. The van der Waals surface area contributed by atoms with Crippen molar-refractivity contribution in [1.29, 1.82) is 0 Å². The zero-order chi connectivity index (χ0) is 16.9. The minimum atomic E-state index is 0.0663. The van der Waals surface area contributed by atoms with Gasteiger partial charge in [-0.15, -0.1) is 0 Å². The maximum atomic E-state index is 12.7. The first-order valence-electron chi connectivity index (χ1n) is 8.51. The average molecular weight is 324 g/mol. The molecule has 0 bridgehead atoms. The highest BCUT2D eigenvalue weighted by atomic mass is 16.5. The number of para-hydroxylation sites is 1. The van der Waals surface area contributed by atoms with Crippen LogP contribution in [0.5, 0.6) is 11.5 Å². The summed E-state index contributed by atoms with van der Waals surface area (Å²) in [4.78, 5) is 14.6. The number of nitrogens with zero attached hydrogens (tertiary/aromatic N) is 1. The summed E-state index contributed by atoms with van der Waals surface area (Å²) in [7, 11) is 0. The molecule has 1 heterocycles. The van der Waals surface area contributed by atoms with Crippen LogP contribution in [-0.4, -0.2) is 29.9 Å². The number of amides is 1. The van der Waals surface area contributed by atoms with Gasteiger partial charge < -0.3 is 15.4 Å². The Kier molecular flexibility index (Phi) is 5.16. The lowest BCUT2D eigenvalue weighted by atomic mass is 9.90. The normalized spacial score (nSPS) is 16.7. The first-order valence-corrected chi connectivity index (χ1v) is 8.51. The van der Waals surface area contributed by atoms with E-state index in [0.29, 0.717) is 17.2 Å². The summed E-state index contributed by atoms with van der Waals surface area (Å²) in [5.74, 6) is 2.02. The molecule has 2 aromatic carbocycles. The molecule has 0 aromatic heterocycles. The summed E-state index contributed by atoms with van der Waals surface area (Å²) in [6.45, 7) is 3.59. The van der Waals surface area contributed by atoms with Crippen LogP contribution in [0, 0.1) is 5.92 Å². The molecule has 1 amide bonds. The van der Waals surface area contributed by atoms with Crippen molar-refractivity contribution in [2.24, 2.45) is 11.7 Å². The topological polar surface area (TPSA) is 55.6 Å². The van der Waals surface area contributed by atoms with Crippen LogP contribution in [0.4, 0.5) is 0 Å². The number of nitrogens with two attached hydrogens (primary N) is 1. The lowest BCUT2D eigenvalue weighted by Crippen LogP contribution is -2.42. The molecular formula is C20H24N2O2. The summed E-state index contributed by atoms with van der Waals surface area (Å²) in [5, 5.41) is 0. The molecule has 1 aliphatic heterocycles. The second-order valence-corrected chi connectivity index (χ2v) is 6.43. The number of ether oxygens (including phenoxy) is 1. The van der Waals surface area contributed by atoms with Gasteiger partial charge in [-0.1, -0.05) is 24.3 Å². The van der Waals surface area contributed by atoms with Gasteiger partial charge >= 0.3 is 0 Å². The van der Waals surface area contributed by atoms with Gasteiger partial charge in [0.05, 0.1) is 0 Å². The molecular weight excluding hydrogens is 300 g/mol. The molecule has 2 N–H and O–H groups in total. The van der Waals surface area contributed by atoms with E-state index in [4.69, 9.17) is 10.5 Å². The molecule has 4 heteroatoms. The standard InChI is InChI=1S/C20H24N2O2/c1-15(21)16-10-12-22(13-11-16)20(23)17-6-5-9-19(14-17)24-18-7-3-2-4-8-18/h2-9,14-16H,10-13,21H2,1H3. The summed E-state index contributed by atoms with van der Waals surface area (Å²) in [6.07, 6.45) is 1.95. The number of hydrogen-bond acceptors (Lipinski definition) is 3. The molecule has 1 atom stereocenters. The fourth-order valence-electron chi connectivity index (χ4n) is 3.13. The molecule has 1 saturated heterocycles. The summed E-state index contributed by atoms with van der Waals surface area (Å²) in [6, 6.07) is 17.2. The Hall–Kier alpha value is -2.33. The summed E-state index contributed by atoms with van der Waals surface area (Å²) < 4.78 is 5.82. The van der Waals surface area contributed by atoms with Crippen LogP contribution >= 0.6 is 0 Å². The second-order valence-electron chi connectivity index (χ2n) is 6.43. The Bertz CT molecular complexity index is 677. The van der Waals surface area contributed by atoms with Crippen molar-refractivity contribution >= 4 is 5.91 Å². The highest BCUT2D eigenvalue weighted by Gasteiger charge is 2.25. The van der Waals surface area contributed by atoms with Gasteiger partial charge in [-0.05, 0) is 56.0 Å². The van der Waals surface area contributed by atoms with Crippen molar-refractivity contribution in [3.8, 4) is 11.5 Å². The van der Waals surface area contributed by atoms with Gasteiger partial charge in [-0.2, -0.15) is 0 Å². The van der Waals surface area contributed by atoms with E-state index < -0.39 is 0 Å². The molecule has 4 nitrogen and oxygen atoms in total. The molecule has 2 aromatic rings. The molecule has 0 aliphatic carbocycles. The van der Waals surface area contributed by atoms with E-state index in [0.717, 1.165) is 31.7 Å². The fraction of sp³-hybridized carbons (Fsp3) is 0.350. The van der Waals surface area contributed by atoms with Crippen molar-refractivity contribution in [1.82, 2.24) is 4.90 Å². The molecule has 3 rings (SSSR count). The van der Waals surface area contributed by atoms with E-state index in [1.54, 1.807) is 0 Å². The van der Waals surface area contributed by atoms with Gasteiger partial charge in [0.2, 0.25) is 0 Å². The largest absolute Gasteiger partial charge is 0.457 e. The SMILES string of the molecule is CC(N)C1CCN(C(=O)c2cccc(Oc3ccccc3)c2)CC1. The monoisotopic (exact) mass is 324 g/mol. The first-order chi connectivity index (χ1) is 11.6. The number of rotatable bonds is 4. The number of carbonyl (C=O) groups is 1. The Morgan fingerprint density at radius 3 is 2.42 bits per heavy atom. The molecule has 1 unspecified atom stereocenters. The zero-order valence-corrected chi connectivity index (χ0v) is 14.0. The number of benzene rings is 2. The van der Waals surface area contributed by atoms with Gasteiger partial charge in [0, 0.05) is 24.7 Å². The van der Waals surface area contributed by atoms with Gasteiger partial charge in [-0.25, -0.2) is 0 Å². The van der Waals surface area contributed by atoms with Crippen LogP contribution in [0.2, 0.25) is 0 Å². The highest BCUT2D eigenvalue weighted by molar-refractivity contribution is 5.94. The van der Waals surface area contributed by atoms with Crippen molar-refractivity contribution in [3.63, 3.8) is 0 Å². The van der Waals surface area contributed by atoms with Crippen LogP contribution < -0.4 is 10.5 Å². The first kappa shape index (κ1) is 16.5. The maximum absolute atomic E-state index is 12.7. The van der Waals surface area contributed by atoms with E-state index in [1.807, 2.05) is 66.4 Å². The van der Waals surface area contributed by atoms with Crippen molar-refractivity contribution in [2.75, 3.05) is 13.1 Å². The quantitative estimate of drug-likeness (QED) is 0.933. The molecule has 126 valence electrons. The molecule has 1 aliphatic rings. The van der Waals surface area contributed by atoms with Gasteiger partial charge in [0.1, 0.15) is 11.5 Å². The molecule has 0 saturated carbocycles. The maximum Gasteiger partial charge on any atom is 0.253 e. The van der Waals surface area contributed by atoms with Gasteiger partial charge in [0.15, 0.2) is 0 Å². The fourth-order valence-corrected chi connectivity index (χ4v) is 3.13. The summed E-state index contributed by atoms with van der Waals surface area (Å²) >= 11 is 0. The van der Waals surface area contributed by atoms with E-state index in [1.165, 1.54) is 0 Å². The van der Waals surface area contributed by atoms with E-state index in [9.17, 15) is 4.79 Å². The van der Waals surface area contributed by atoms with E-state index >= 15 is 0 Å². The smallest absolute Gasteiger partial charge is 0.253 e. The Balaban J connectivity index is 1.66. The zero-order valence-electron chi connectivity index (χ0n) is 14.0. The minimum absolute atomic E-state index is 0.0663. The average Bonchev–Trinajstić information content (AvgIpc) is 2.62. The van der Waals surface area contributed by atoms with Crippen LogP contribution in [0.15, 0.2) is 54.6 Å². The Morgan fingerprint density at radius 2 is 1.75 bits per heavy atom. The highest BCUT2D eigenvalue weighted by Crippen LogP contribution is 2.24.